The van der Waals surface area contributed by atoms with Gasteiger partial charge in [0.15, 0.2) is 0 Å². The number of benzene rings is 2. The van der Waals surface area contributed by atoms with Gasteiger partial charge in [0.25, 0.3) is 10.0 Å². The molecule has 0 spiro atoms. The molecule has 1 aromatic heterocycles. The van der Waals surface area contributed by atoms with Crippen molar-refractivity contribution >= 4 is 27.5 Å². The quantitative estimate of drug-likeness (QED) is 0.543. The molecule has 0 unspecified atom stereocenters. The Morgan fingerprint density at radius 2 is 1.92 bits per heavy atom. The average molecular weight is 521 g/mol. The largest absolute Gasteiger partial charge is 0.486 e. The summed E-state index contributed by atoms with van der Waals surface area (Å²) in [4.78, 5) is 23.7. The van der Waals surface area contributed by atoms with Gasteiger partial charge in [0.1, 0.15) is 23.3 Å². The van der Waals surface area contributed by atoms with E-state index in [1.807, 2.05) is 0 Å². The molecule has 2 aromatic carbocycles. The van der Waals surface area contributed by atoms with Crippen LogP contribution in [0.15, 0.2) is 56.6 Å². The van der Waals surface area contributed by atoms with Crippen molar-refractivity contribution in [3.8, 4) is 5.75 Å². The summed E-state index contributed by atoms with van der Waals surface area (Å²) in [6.07, 6.45) is -1.45. The molecule has 3 aromatic rings. The number of anilines is 2. The van der Waals surface area contributed by atoms with Gasteiger partial charge in [-0.2, -0.15) is 4.68 Å². The monoisotopic (exact) mass is 520 g/mol. The number of sulfonamides is 1. The number of fused-ring (bicyclic) bond motifs is 1. The van der Waals surface area contributed by atoms with Crippen LogP contribution in [0.2, 0.25) is 0 Å². The van der Waals surface area contributed by atoms with Crippen LogP contribution < -0.4 is 20.1 Å². The Bertz CT molecular complexity index is 1440. The fourth-order valence-corrected chi connectivity index (χ4v) is 5.05. The second-order valence-electron chi connectivity index (χ2n) is 9.13. The lowest BCUT2D eigenvalue weighted by Crippen LogP contribution is -2.44. The van der Waals surface area contributed by atoms with E-state index in [4.69, 9.17) is 13.9 Å². The molecule has 0 aliphatic carbocycles. The van der Waals surface area contributed by atoms with Crippen LogP contribution in [0.3, 0.4) is 0 Å². The molecule has 2 heterocycles. The minimum absolute atomic E-state index is 0.0167. The molecule has 0 fully saturated rings. The number of aromatic nitrogens is 2. The normalized spacial score (nSPS) is 15.7. The molecule has 0 bridgehead atoms. The number of carbonyl (C=O) groups is 1. The summed E-state index contributed by atoms with van der Waals surface area (Å²) in [6, 6.07) is 8.91. The summed E-state index contributed by atoms with van der Waals surface area (Å²) in [6.45, 7) is 4.99. The van der Waals surface area contributed by atoms with Gasteiger partial charge in [0, 0.05) is 12.7 Å². The highest BCUT2D eigenvalue weighted by atomic mass is 32.2. The lowest BCUT2D eigenvalue weighted by atomic mass is 10.1. The second kappa shape index (κ2) is 9.30. The van der Waals surface area contributed by atoms with Gasteiger partial charge in [-0.15, -0.1) is 5.10 Å². The van der Waals surface area contributed by atoms with Crippen LogP contribution in [-0.2, 0) is 28.2 Å². The van der Waals surface area contributed by atoms with Gasteiger partial charge in [-0.05, 0) is 63.2 Å². The molecular formula is C23H25FN4O7S. The number of nitrogens with one attached hydrogen (secondary N) is 1. The van der Waals surface area contributed by atoms with Crippen LogP contribution in [0.5, 0.6) is 5.75 Å². The molecule has 13 heteroatoms. The maximum atomic E-state index is 13.6. The first-order valence-corrected chi connectivity index (χ1v) is 12.4. The van der Waals surface area contributed by atoms with E-state index < -0.39 is 39.4 Å². The van der Waals surface area contributed by atoms with Crippen molar-refractivity contribution in [1.82, 2.24) is 9.78 Å². The Balaban J connectivity index is 1.70. The predicted molar refractivity (Wildman–Crippen MR) is 127 cm³/mol. The Morgan fingerprint density at radius 1 is 1.22 bits per heavy atom. The number of nitrogens with zero attached hydrogens (tertiary/aromatic N) is 3. The fourth-order valence-electron chi connectivity index (χ4n) is 3.55. The highest BCUT2D eigenvalue weighted by molar-refractivity contribution is 7.92. The molecule has 0 saturated carbocycles. The van der Waals surface area contributed by atoms with E-state index in [2.05, 4.69) is 10.4 Å². The van der Waals surface area contributed by atoms with Gasteiger partial charge in [0.05, 0.1) is 23.5 Å². The molecule has 1 aliphatic rings. The third kappa shape index (κ3) is 5.51. The zero-order valence-electron chi connectivity index (χ0n) is 20.0. The van der Waals surface area contributed by atoms with Crippen LogP contribution in [0.1, 0.15) is 26.7 Å². The number of carbonyl (C=O) groups excluding carboxylic acids is 1. The van der Waals surface area contributed by atoms with Crippen molar-refractivity contribution < 1.29 is 31.5 Å². The van der Waals surface area contributed by atoms with Gasteiger partial charge < -0.3 is 13.9 Å². The maximum Gasteiger partial charge on any atom is 0.436 e. The van der Waals surface area contributed by atoms with Crippen LogP contribution in [0.25, 0.3) is 0 Å². The SMILES string of the molecule is Cn1nc(C[C@H]2CN(S(=O)(=O)c3ccc(F)cc3)c3cc(NC(=O)OC(C)(C)C)ccc3O2)oc1=O. The Morgan fingerprint density at radius 3 is 2.53 bits per heavy atom. The summed E-state index contributed by atoms with van der Waals surface area (Å²) in [5, 5.41) is 6.56. The van der Waals surface area contributed by atoms with Crippen LogP contribution in [0.4, 0.5) is 20.6 Å². The van der Waals surface area contributed by atoms with Crippen molar-refractivity contribution in [3.05, 3.63) is 64.7 Å². The maximum absolute atomic E-state index is 13.6. The second-order valence-corrected chi connectivity index (χ2v) is 11.0. The topological polar surface area (TPSA) is 133 Å². The van der Waals surface area contributed by atoms with Crippen LogP contribution in [0, 0.1) is 5.82 Å². The third-order valence-corrected chi connectivity index (χ3v) is 6.86. The first-order chi connectivity index (χ1) is 16.8. The smallest absolute Gasteiger partial charge is 0.436 e. The molecule has 192 valence electrons. The molecule has 1 atom stereocenters. The van der Waals surface area contributed by atoms with Gasteiger partial charge in [-0.1, -0.05) is 0 Å². The minimum Gasteiger partial charge on any atom is -0.486 e. The van der Waals surface area contributed by atoms with Crippen molar-refractivity contribution in [1.29, 1.82) is 0 Å². The lowest BCUT2D eigenvalue weighted by molar-refractivity contribution is 0.0636. The molecule has 1 aliphatic heterocycles. The molecule has 0 saturated heterocycles. The lowest BCUT2D eigenvalue weighted by Gasteiger charge is -2.35. The van der Waals surface area contributed by atoms with Gasteiger partial charge in [0.2, 0.25) is 5.89 Å². The molecule has 36 heavy (non-hydrogen) atoms. The molecule has 1 amide bonds. The van der Waals surface area contributed by atoms with E-state index in [-0.39, 0.29) is 40.9 Å². The fraction of sp³-hybridized carbons (Fsp3) is 0.348. The summed E-state index contributed by atoms with van der Waals surface area (Å²) >= 11 is 0. The Labute approximate surface area is 206 Å². The summed E-state index contributed by atoms with van der Waals surface area (Å²) in [5.41, 5.74) is -0.292. The molecule has 11 nitrogen and oxygen atoms in total. The number of rotatable bonds is 5. The molecule has 1 N–H and O–H groups in total. The van der Waals surface area contributed by atoms with Crippen molar-refractivity contribution in [2.75, 3.05) is 16.2 Å². The van der Waals surface area contributed by atoms with Gasteiger partial charge in [-0.25, -0.2) is 22.4 Å². The number of hydrogen-bond donors (Lipinski definition) is 1. The van der Waals surface area contributed by atoms with Crippen molar-refractivity contribution in [2.45, 2.75) is 43.8 Å². The summed E-state index contributed by atoms with van der Waals surface area (Å²) < 4.78 is 59.1. The molecular weight excluding hydrogens is 495 g/mol. The summed E-state index contributed by atoms with van der Waals surface area (Å²) in [5.74, 6) is -0.943. The zero-order valence-corrected chi connectivity index (χ0v) is 20.8. The zero-order chi connectivity index (χ0) is 26.3. The van der Waals surface area contributed by atoms with E-state index in [0.29, 0.717) is 0 Å². The average Bonchev–Trinajstić information content (AvgIpc) is 3.08. The number of ether oxygens (including phenoxy) is 2. The Kier molecular flexibility index (Phi) is 6.52. The van der Waals surface area contributed by atoms with Crippen LogP contribution >= 0.6 is 0 Å². The standard InChI is InChI=1S/C23H25FN4O7S/c1-23(2,3)35-21(29)25-15-7-10-19-18(11-15)28(36(31,32)17-8-5-14(24)6-9-17)13-16(33-19)12-20-26-27(4)22(30)34-20/h5-11,16H,12-13H2,1-4H3,(H,25,29)/t16-/m0/s1. The van der Waals surface area contributed by atoms with Crippen molar-refractivity contribution in [2.24, 2.45) is 7.05 Å². The first kappa shape index (κ1) is 25.2. The van der Waals surface area contributed by atoms with Crippen LogP contribution in [-0.4, -0.2) is 42.5 Å². The number of amides is 1. The first-order valence-electron chi connectivity index (χ1n) is 10.9. The van der Waals surface area contributed by atoms with E-state index >= 15 is 0 Å². The number of hydrogen-bond acceptors (Lipinski definition) is 8. The van der Waals surface area contributed by atoms with E-state index in [1.165, 1.54) is 25.2 Å². The van der Waals surface area contributed by atoms with E-state index in [9.17, 15) is 22.4 Å². The Hall–Kier alpha value is -3.87. The molecule has 0 radical (unpaired) electrons. The highest BCUT2D eigenvalue weighted by Crippen LogP contribution is 2.39. The highest BCUT2D eigenvalue weighted by Gasteiger charge is 2.36. The van der Waals surface area contributed by atoms with Gasteiger partial charge in [-0.3, -0.25) is 9.62 Å². The number of halogens is 1. The van der Waals surface area contributed by atoms with E-state index in [0.717, 1.165) is 33.3 Å². The summed E-state index contributed by atoms with van der Waals surface area (Å²) in [7, 11) is -2.74. The third-order valence-electron chi connectivity index (χ3n) is 5.07. The molecule has 4 rings (SSSR count). The predicted octanol–water partition coefficient (Wildman–Crippen LogP) is 3.06. The number of aryl methyl sites for hydroxylation is 1. The van der Waals surface area contributed by atoms with Gasteiger partial charge >= 0.3 is 11.8 Å². The van der Waals surface area contributed by atoms with E-state index in [1.54, 1.807) is 20.8 Å². The van der Waals surface area contributed by atoms with Crippen molar-refractivity contribution in [3.63, 3.8) is 0 Å². The minimum atomic E-state index is -4.17.